The Hall–Kier alpha value is -0.610. The highest BCUT2D eigenvalue weighted by atomic mass is 16.3. The minimum absolute atomic E-state index is 0.253. The SMILES string of the molecule is CC(C)NCC(C)(O)[C@H]1CCC2C3CCC4N(C)C(=O)CC[C@]4(C)C3CC[C@@]21C. The summed E-state index contributed by atoms with van der Waals surface area (Å²) in [5.74, 6) is 2.98. The lowest BCUT2D eigenvalue weighted by atomic mass is 9.46. The highest BCUT2D eigenvalue weighted by molar-refractivity contribution is 5.77. The van der Waals surface area contributed by atoms with Gasteiger partial charge in [0.1, 0.15) is 0 Å². The molecule has 0 aromatic heterocycles. The van der Waals surface area contributed by atoms with Crippen molar-refractivity contribution < 1.29 is 9.90 Å². The molecule has 29 heavy (non-hydrogen) atoms. The van der Waals surface area contributed by atoms with Crippen molar-refractivity contribution in [2.24, 2.45) is 34.5 Å². The molecule has 0 bridgehead atoms. The molecule has 0 radical (unpaired) electrons. The van der Waals surface area contributed by atoms with Crippen molar-refractivity contribution in [2.75, 3.05) is 13.6 Å². The predicted molar refractivity (Wildman–Crippen MR) is 117 cm³/mol. The Morgan fingerprint density at radius 2 is 1.79 bits per heavy atom. The van der Waals surface area contributed by atoms with Gasteiger partial charge in [0.05, 0.1) is 5.60 Å². The fourth-order valence-electron chi connectivity index (χ4n) is 8.71. The van der Waals surface area contributed by atoms with Crippen LogP contribution in [0.3, 0.4) is 0 Å². The van der Waals surface area contributed by atoms with E-state index >= 15 is 0 Å². The first-order chi connectivity index (χ1) is 13.5. The summed E-state index contributed by atoms with van der Waals surface area (Å²) in [6.07, 6.45) is 9.19. The second-order valence-corrected chi connectivity index (χ2v) is 12.0. The third kappa shape index (κ3) is 3.28. The van der Waals surface area contributed by atoms with Gasteiger partial charge in [0.15, 0.2) is 0 Å². The summed E-state index contributed by atoms with van der Waals surface area (Å²) in [4.78, 5) is 14.4. The average molecular weight is 405 g/mol. The van der Waals surface area contributed by atoms with Gasteiger partial charge in [0.2, 0.25) is 5.91 Å². The van der Waals surface area contributed by atoms with Crippen molar-refractivity contribution >= 4 is 5.91 Å². The molecule has 4 fully saturated rings. The van der Waals surface area contributed by atoms with E-state index in [4.69, 9.17) is 0 Å². The Balaban J connectivity index is 1.56. The number of nitrogens with one attached hydrogen (secondary N) is 1. The number of piperidine rings is 1. The third-order valence-corrected chi connectivity index (χ3v) is 10.2. The second-order valence-electron chi connectivity index (χ2n) is 12.0. The number of hydrogen-bond acceptors (Lipinski definition) is 3. The summed E-state index contributed by atoms with van der Waals surface area (Å²) < 4.78 is 0. The molecular formula is C25H44N2O2. The van der Waals surface area contributed by atoms with E-state index in [2.05, 4.69) is 44.8 Å². The van der Waals surface area contributed by atoms with Crippen LogP contribution in [0.5, 0.6) is 0 Å². The lowest BCUT2D eigenvalue weighted by molar-refractivity contribution is -0.162. The lowest BCUT2D eigenvalue weighted by Crippen LogP contribution is -2.62. The van der Waals surface area contributed by atoms with Crippen molar-refractivity contribution in [1.82, 2.24) is 10.2 Å². The van der Waals surface area contributed by atoms with Gasteiger partial charge in [-0.1, -0.05) is 27.7 Å². The zero-order valence-electron chi connectivity index (χ0n) is 19.6. The molecule has 3 aliphatic carbocycles. The van der Waals surface area contributed by atoms with E-state index in [9.17, 15) is 9.90 Å². The largest absolute Gasteiger partial charge is 0.389 e. The van der Waals surface area contributed by atoms with E-state index in [1.165, 1.54) is 32.1 Å². The lowest BCUT2D eigenvalue weighted by Gasteiger charge is -2.62. The highest BCUT2D eigenvalue weighted by Crippen LogP contribution is 2.67. The molecule has 1 heterocycles. The summed E-state index contributed by atoms with van der Waals surface area (Å²) in [6.45, 7) is 12.1. The maximum atomic E-state index is 12.3. The molecule has 4 rings (SSSR count). The van der Waals surface area contributed by atoms with Gasteiger partial charge in [-0.2, -0.15) is 0 Å². The standard InChI is InChI=1S/C25H44N2O2/c1-16(2)26-15-25(5,29)20-9-8-18-17-7-10-21-24(4,14-12-22(28)27(21)6)19(17)11-13-23(18,20)3/h16-21,26,29H,7-15H2,1-6H3/t17?,18?,19?,20-,21?,23-,24+,25?/m0/s1. The summed E-state index contributed by atoms with van der Waals surface area (Å²) >= 11 is 0. The third-order valence-electron chi connectivity index (χ3n) is 10.2. The Labute approximate surface area is 178 Å². The van der Waals surface area contributed by atoms with Gasteiger partial charge in [0.25, 0.3) is 0 Å². The van der Waals surface area contributed by atoms with Gasteiger partial charge >= 0.3 is 0 Å². The minimum atomic E-state index is -0.640. The van der Waals surface area contributed by atoms with Crippen molar-refractivity contribution in [3.63, 3.8) is 0 Å². The highest BCUT2D eigenvalue weighted by Gasteiger charge is 2.63. The minimum Gasteiger partial charge on any atom is -0.389 e. The predicted octanol–water partition coefficient (Wildman–Crippen LogP) is 4.22. The summed E-state index contributed by atoms with van der Waals surface area (Å²) in [7, 11) is 2.04. The van der Waals surface area contributed by atoms with Crippen LogP contribution in [0.1, 0.15) is 86.0 Å². The van der Waals surface area contributed by atoms with Crippen LogP contribution in [0.25, 0.3) is 0 Å². The molecule has 8 atom stereocenters. The van der Waals surface area contributed by atoms with Gasteiger partial charge in [0, 0.05) is 32.1 Å². The number of nitrogens with zero attached hydrogens (tertiary/aromatic N) is 1. The summed E-state index contributed by atoms with van der Waals surface area (Å²) in [5.41, 5.74) is -0.102. The fraction of sp³-hybridized carbons (Fsp3) is 0.960. The smallest absolute Gasteiger partial charge is 0.222 e. The Morgan fingerprint density at radius 1 is 1.10 bits per heavy atom. The maximum absolute atomic E-state index is 12.3. The van der Waals surface area contributed by atoms with Crippen LogP contribution in [0.15, 0.2) is 0 Å². The molecule has 0 aromatic carbocycles. The van der Waals surface area contributed by atoms with Crippen molar-refractivity contribution in [2.45, 2.75) is 104 Å². The molecule has 1 amide bonds. The number of carbonyl (C=O) groups is 1. The van der Waals surface area contributed by atoms with Crippen molar-refractivity contribution in [1.29, 1.82) is 0 Å². The summed E-state index contributed by atoms with van der Waals surface area (Å²) in [5, 5.41) is 15.0. The monoisotopic (exact) mass is 404 g/mol. The molecule has 5 unspecified atom stereocenters. The number of hydrogen-bond donors (Lipinski definition) is 2. The zero-order valence-corrected chi connectivity index (χ0v) is 19.6. The van der Waals surface area contributed by atoms with Crippen LogP contribution in [-0.4, -0.2) is 47.2 Å². The number of aliphatic hydroxyl groups is 1. The van der Waals surface area contributed by atoms with Gasteiger partial charge < -0.3 is 15.3 Å². The van der Waals surface area contributed by atoms with E-state index in [1.807, 2.05) is 7.05 Å². The van der Waals surface area contributed by atoms with Gasteiger partial charge in [-0.25, -0.2) is 0 Å². The molecule has 1 saturated heterocycles. The molecule has 0 aromatic rings. The second kappa shape index (κ2) is 7.22. The first-order valence-electron chi connectivity index (χ1n) is 12.2. The van der Waals surface area contributed by atoms with E-state index in [-0.39, 0.29) is 10.8 Å². The van der Waals surface area contributed by atoms with Crippen LogP contribution in [-0.2, 0) is 4.79 Å². The Bertz CT molecular complexity index is 647. The summed E-state index contributed by atoms with van der Waals surface area (Å²) in [6, 6.07) is 0.841. The molecule has 166 valence electrons. The normalized spacial score (nSPS) is 46.8. The molecule has 2 N–H and O–H groups in total. The fourth-order valence-corrected chi connectivity index (χ4v) is 8.71. The van der Waals surface area contributed by atoms with Gasteiger partial charge in [-0.3, -0.25) is 4.79 Å². The molecule has 4 heteroatoms. The van der Waals surface area contributed by atoms with Crippen LogP contribution in [0.4, 0.5) is 0 Å². The van der Waals surface area contributed by atoms with Crippen LogP contribution >= 0.6 is 0 Å². The quantitative estimate of drug-likeness (QED) is 0.738. The molecule has 4 nitrogen and oxygen atoms in total. The Kier molecular flexibility index (Phi) is 5.38. The number of fused-ring (bicyclic) bond motifs is 5. The van der Waals surface area contributed by atoms with Crippen molar-refractivity contribution in [3.05, 3.63) is 0 Å². The van der Waals surface area contributed by atoms with Gasteiger partial charge in [-0.05, 0) is 86.4 Å². The van der Waals surface area contributed by atoms with Crippen LogP contribution in [0, 0.1) is 34.5 Å². The molecule has 0 spiro atoms. The van der Waals surface area contributed by atoms with Crippen LogP contribution in [0.2, 0.25) is 0 Å². The maximum Gasteiger partial charge on any atom is 0.222 e. The van der Waals surface area contributed by atoms with Crippen LogP contribution < -0.4 is 5.32 Å². The first-order valence-corrected chi connectivity index (χ1v) is 12.2. The Morgan fingerprint density at radius 3 is 2.48 bits per heavy atom. The molecule has 1 aliphatic heterocycles. The van der Waals surface area contributed by atoms with E-state index in [0.717, 1.165) is 37.0 Å². The zero-order chi connectivity index (χ0) is 21.2. The van der Waals surface area contributed by atoms with E-state index in [0.29, 0.717) is 30.5 Å². The molecule has 3 saturated carbocycles. The first kappa shape index (κ1) is 21.6. The van der Waals surface area contributed by atoms with E-state index in [1.54, 1.807) is 0 Å². The van der Waals surface area contributed by atoms with Gasteiger partial charge in [-0.15, -0.1) is 0 Å². The topological polar surface area (TPSA) is 52.6 Å². The molecule has 4 aliphatic rings. The number of amides is 1. The van der Waals surface area contributed by atoms with E-state index < -0.39 is 5.60 Å². The molecular weight excluding hydrogens is 360 g/mol. The van der Waals surface area contributed by atoms with Crippen molar-refractivity contribution in [3.8, 4) is 0 Å². The number of likely N-dealkylation sites (tertiary alicyclic amines) is 1. The average Bonchev–Trinajstić information content (AvgIpc) is 3.02. The number of rotatable bonds is 4. The number of carbonyl (C=O) groups excluding carboxylic acids is 1.